The minimum atomic E-state index is 0. The molecule has 0 aliphatic rings. The molecule has 0 saturated carbocycles. The van der Waals surface area contributed by atoms with Crippen molar-refractivity contribution in [3.8, 4) is 5.75 Å². The van der Waals surface area contributed by atoms with Gasteiger partial charge in [-0.1, -0.05) is 66.7 Å². The van der Waals surface area contributed by atoms with E-state index in [1.54, 1.807) is 7.11 Å². The predicted molar refractivity (Wildman–Crippen MR) is 123 cm³/mol. The summed E-state index contributed by atoms with van der Waals surface area (Å²) in [6.45, 7) is 0.566. The molecule has 0 bridgehead atoms. The third-order valence-electron chi connectivity index (χ3n) is 4.19. The Morgan fingerprint density at radius 2 is 1.52 bits per heavy atom. The van der Waals surface area contributed by atoms with Crippen molar-refractivity contribution in [2.75, 3.05) is 19.0 Å². The SMILES string of the molecule is COc1cccc(NC(N)=NCC(c2ccccc2)c2ccccc2)c1.I. The summed E-state index contributed by atoms with van der Waals surface area (Å²) in [7, 11) is 1.64. The average molecular weight is 473 g/mol. The zero-order valence-corrected chi connectivity index (χ0v) is 17.5. The largest absolute Gasteiger partial charge is 0.497 e. The van der Waals surface area contributed by atoms with E-state index in [9.17, 15) is 0 Å². The molecule has 27 heavy (non-hydrogen) atoms. The molecule has 0 fully saturated rings. The van der Waals surface area contributed by atoms with Crippen LogP contribution in [0.25, 0.3) is 0 Å². The Hall–Kier alpha value is -2.54. The number of rotatable bonds is 6. The number of methoxy groups -OCH3 is 1. The molecule has 4 nitrogen and oxygen atoms in total. The molecule has 3 aromatic rings. The molecule has 0 atom stereocenters. The average Bonchev–Trinajstić information content (AvgIpc) is 2.70. The van der Waals surface area contributed by atoms with Gasteiger partial charge in [0.25, 0.3) is 0 Å². The van der Waals surface area contributed by atoms with Gasteiger partial charge in [-0.2, -0.15) is 0 Å². The Bertz CT molecular complexity index is 814. The van der Waals surface area contributed by atoms with Crippen LogP contribution in [0.5, 0.6) is 5.75 Å². The second-order valence-corrected chi connectivity index (χ2v) is 5.96. The maximum absolute atomic E-state index is 6.10. The van der Waals surface area contributed by atoms with Gasteiger partial charge in [-0.25, -0.2) is 0 Å². The molecular formula is C22H24IN3O. The molecule has 0 saturated heterocycles. The zero-order chi connectivity index (χ0) is 18.2. The highest BCUT2D eigenvalue weighted by molar-refractivity contribution is 14.0. The van der Waals surface area contributed by atoms with Crippen LogP contribution >= 0.6 is 24.0 Å². The van der Waals surface area contributed by atoms with Gasteiger partial charge in [0.2, 0.25) is 0 Å². The summed E-state index contributed by atoms with van der Waals surface area (Å²) < 4.78 is 5.23. The molecule has 0 amide bonds. The number of halogens is 1. The molecule has 3 N–H and O–H groups in total. The third kappa shape index (κ3) is 5.99. The van der Waals surface area contributed by atoms with E-state index in [-0.39, 0.29) is 29.9 Å². The van der Waals surface area contributed by atoms with E-state index in [0.29, 0.717) is 12.5 Å². The summed E-state index contributed by atoms with van der Waals surface area (Å²) in [5, 5.41) is 3.12. The first-order valence-electron chi connectivity index (χ1n) is 8.57. The topological polar surface area (TPSA) is 59.6 Å². The quantitative estimate of drug-likeness (QED) is 0.305. The summed E-state index contributed by atoms with van der Waals surface area (Å²) in [4.78, 5) is 4.57. The highest BCUT2D eigenvalue weighted by atomic mass is 127. The maximum Gasteiger partial charge on any atom is 0.193 e. The number of nitrogens with one attached hydrogen (secondary N) is 1. The number of benzene rings is 3. The lowest BCUT2D eigenvalue weighted by Crippen LogP contribution is -2.23. The molecule has 0 heterocycles. The van der Waals surface area contributed by atoms with E-state index in [2.05, 4.69) is 34.6 Å². The number of hydrogen-bond donors (Lipinski definition) is 2. The van der Waals surface area contributed by atoms with Crippen molar-refractivity contribution >= 4 is 35.6 Å². The van der Waals surface area contributed by atoms with Crippen molar-refractivity contribution in [2.45, 2.75) is 5.92 Å². The minimum Gasteiger partial charge on any atom is -0.497 e. The smallest absolute Gasteiger partial charge is 0.193 e. The van der Waals surface area contributed by atoms with Crippen molar-refractivity contribution in [1.29, 1.82) is 0 Å². The number of aliphatic imine (C=N–C) groups is 1. The molecule has 3 rings (SSSR count). The van der Waals surface area contributed by atoms with Crippen LogP contribution in [-0.4, -0.2) is 19.6 Å². The van der Waals surface area contributed by atoms with Gasteiger partial charge in [-0.05, 0) is 23.3 Å². The van der Waals surface area contributed by atoms with Crippen molar-refractivity contribution in [1.82, 2.24) is 0 Å². The zero-order valence-electron chi connectivity index (χ0n) is 15.2. The fraction of sp³-hybridized carbons (Fsp3) is 0.136. The van der Waals surface area contributed by atoms with Gasteiger partial charge in [0.15, 0.2) is 5.96 Å². The summed E-state index contributed by atoms with van der Waals surface area (Å²) in [5.74, 6) is 1.31. The van der Waals surface area contributed by atoms with Crippen LogP contribution < -0.4 is 15.8 Å². The van der Waals surface area contributed by atoms with E-state index in [4.69, 9.17) is 10.5 Å². The van der Waals surface area contributed by atoms with Crippen molar-refractivity contribution in [3.05, 3.63) is 96.1 Å². The maximum atomic E-state index is 6.10. The number of nitrogens with two attached hydrogens (primary N) is 1. The molecule has 5 heteroatoms. The Morgan fingerprint density at radius 1 is 0.926 bits per heavy atom. The van der Waals surface area contributed by atoms with E-state index >= 15 is 0 Å². The first-order valence-corrected chi connectivity index (χ1v) is 8.57. The van der Waals surface area contributed by atoms with Crippen LogP contribution in [0.15, 0.2) is 89.9 Å². The highest BCUT2D eigenvalue weighted by Crippen LogP contribution is 2.25. The summed E-state index contributed by atoms with van der Waals surface area (Å²) in [6, 6.07) is 28.3. The molecule has 0 unspecified atom stereocenters. The fourth-order valence-corrected chi connectivity index (χ4v) is 2.85. The Kier molecular flexibility index (Phi) is 8.13. The van der Waals surface area contributed by atoms with E-state index < -0.39 is 0 Å². The van der Waals surface area contributed by atoms with Gasteiger partial charge in [0, 0.05) is 17.7 Å². The lowest BCUT2D eigenvalue weighted by molar-refractivity contribution is 0.415. The minimum absolute atomic E-state index is 0. The Morgan fingerprint density at radius 3 is 2.07 bits per heavy atom. The van der Waals surface area contributed by atoms with Crippen molar-refractivity contribution < 1.29 is 4.74 Å². The van der Waals surface area contributed by atoms with Gasteiger partial charge in [-0.3, -0.25) is 4.99 Å². The Balaban J connectivity index is 0.00000261. The molecule has 0 aromatic heterocycles. The Labute approximate surface area is 177 Å². The first-order chi connectivity index (χ1) is 12.8. The second kappa shape index (κ2) is 10.6. The lowest BCUT2D eigenvalue weighted by atomic mass is 9.91. The third-order valence-corrected chi connectivity index (χ3v) is 4.19. The number of nitrogens with zero attached hydrogens (tertiary/aromatic N) is 1. The molecule has 0 radical (unpaired) electrons. The first kappa shape index (κ1) is 20.8. The van der Waals surface area contributed by atoms with E-state index in [1.807, 2.05) is 60.7 Å². The summed E-state index contributed by atoms with van der Waals surface area (Å²) in [5.41, 5.74) is 9.39. The van der Waals surface area contributed by atoms with Gasteiger partial charge in [0.05, 0.1) is 13.7 Å². The van der Waals surface area contributed by atoms with Crippen LogP contribution in [0, 0.1) is 0 Å². The fourth-order valence-electron chi connectivity index (χ4n) is 2.85. The van der Waals surface area contributed by atoms with Crippen LogP contribution in [0.4, 0.5) is 5.69 Å². The van der Waals surface area contributed by atoms with Gasteiger partial charge in [-0.15, -0.1) is 24.0 Å². The van der Waals surface area contributed by atoms with Crippen LogP contribution in [0.3, 0.4) is 0 Å². The standard InChI is InChI=1S/C22H23N3O.HI/c1-26-20-14-8-13-19(15-20)25-22(23)24-16-21(17-9-4-2-5-10-17)18-11-6-3-7-12-18;/h2-15,21H,16H2,1H3,(H3,23,24,25);1H. The van der Waals surface area contributed by atoms with Crippen molar-refractivity contribution in [3.63, 3.8) is 0 Å². The van der Waals surface area contributed by atoms with Gasteiger partial charge < -0.3 is 15.8 Å². The normalized spacial score (nSPS) is 11.0. The van der Waals surface area contributed by atoms with Crippen LogP contribution in [0.1, 0.15) is 17.0 Å². The predicted octanol–water partition coefficient (Wildman–Crippen LogP) is 4.87. The second-order valence-electron chi connectivity index (χ2n) is 5.96. The number of ether oxygens (including phenoxy) is 1. The van der Waals surface area contributed by atoms with Crippen LogP contribution in [-0.2, 0) is 0 Å². The number of anilines is 1. The molecule has 140 valence electrons. The molecule has 0 aliphatic heterocycles. The highest BCUT2D eigenvalue weighted by Gasteiger charge is 2.13. The van der Waals surface area contributed by atoms with E-state index in [0.717, 1.165) is 11.4 Å². The monoisotopic (exact) mass is 473 g/mol. The molecule has 3 aromatic carbocycles. The molecular weight excluding hydrogens is 449 g/mol. The van der Waals surface area contributed by atoms with Crippen LogP contribution in [0.2, 0.25) is 0 Å². The number of hydrogen-bond acceptors (Lipinski definition) is 2. The number of guanidine groups is 1. The van der Waals surface area contributed by atoms with Gasteiger partial charge >= 0.3 is 0 Å². The molecule has 0 aliphatic carbocycles. The van der Waals surface area contributed by atoms with E-state index in [1.165, 1.54) is 11.1 Å². The van der Waals surface area contributed by atoms with Gasteiger partial charge in [0.1, 0.15) is 5.75 Å². The summed E-state index contributed by atoms with van der Waals surface area (Å²) >= 11 is 0. The molecule has 0 spiro atoms. The lowest BCUT2D eigenvalue weighted by Gasteiger charge is -2.16. The summed E-state index contributed by atoms with van der Waals surface area (Å²) in [6.07, 6.45) is 0. The van der Waals surface area contributed by atoms with Crippen molar-refractivity contribution in [2.24, 2.45) is 10.7 Å².